The summed E-state index contributed by atoms with van der Waals surface area (Å²) in [5, 5.41) is 2.88. The quantitative estimate of drug-likeness (QED) is 0.752. The number of amides is 1. The fourth-order valence-corrected chi connectivity index (χ4v) is 2.90. The lowest BCUT2D eigenvalue weighted by Crippen LogP contribution is -2.32. The molecule has 0 aromatic heterocycles. The fraction of sp³-hybridized carbons (Fsp3) is 0.417. The third-order valence-electron chi connectivity index (χ3n) is 2.37. The van der Waals surface area contributed by atoms with Crippen molar-refractivity contribution in [3.63, 3.8) is 0 Å². The number of hydrogen-bond acceptors (Lipinski definition) is 1. The Morgan fingerprint density at radius 1 is 1.35 bits per heavy atom. The molecule has 0 bridgehead atoms. The molecule has 94 valence electrons. The molecule has 0 atom stereocenters. The molecule has 0 unspecified atom stereocenters. The minimum atomic E-state index is -0.592. The maximum atomic E-state index is 12.0. The van der Waals surface area contributed by atoms with E-state index in [0.29, 0.717) is 0 Å². The minimum absolute atomic E-state index is 0.0993. The zero-order valence-electron chi connectivity index (χ0n) is 9.90. The summed E-state index contributed by atoms with van der Waals surface area (Å²) in [6.45, 7) is 5.61. The number of aryl methyl sites for hydroxylation is 1. The Bertz CT molecular complexity index is 423. The number of nitrogens with one attached hydrogen (secondary N) is 1. The van der Waals surface area contributed by atoms with E-state index < -0.39 is 5.41 Å². The Hall–Kier alpha value is -0.0600. The first kappa shape index (κ1) is 15.0. The van der Waals surface area contributed by atoms with Crippen LogP contribution in [0.5, 0.6) is 0 Å². The third-order valence-corrected chi connectivity index (χ3v) is 4.29. The molecule has 5 heteroatoms. The summed E-state index contributed by atoms with van der Waals surface area (Å²) in [5.41, 5.74) is 1.25. The van der Waals surface area contributed by atoms with E-state index in [2.05, 4.69) is 37.2 Å². The Morgan fingerprint density at radius 3 is 2.24 bits per heavy atom. The lowest BCUT2D eigenvalue weighted by atomic mass is 9.95. The van der Waals surface area contributed by atoms with Crippen molar-refractivity contribution in [3.8, 4) is 0 Å². The van der Waals surface area contributed by atoms with Crippen molar-refractivity contribution >= 4 is 55.1 Å². The normalized spacial score (nSPS) is 11.4. The molecule has 0 radical (unpaired) electrons. The summed E-state index contributed by atoms with van der Waals surface area (Å²) in [4.78, 5) is 12.0. The van der Waals surface area contributed by atoms with Crippen molar-refractivity contribution in [2.24, 2.45) is 5.41 Å². The van der Waals surface area contributed by atoms with Gasteiger partial charge in [0.25, 0.3) is 0 Å². The number of rotatable bonds is 3. The van der Waals surface area contributed by atoms with Crippen molar-refractivity contribution in [1.29, 1.82) is 0 Å². The van der Waals surface area contributed by atoms with Crippen molar-refractivity contribution in [2.75, 3.05) is 11.2 Å². The maximum absolute atomic E-state index is 12.0. The van der Waals surface area contributed by atoms with E-state index in [9.17, 15) is 4.79 Å². The first-order valence-electron chi connectivity index (χ1n) is 5.11. The van der Waals surface area contributed by atoms with Gasteiger partial charge in [0.15, 0.2) is 0 Å². The van der Waals surface area contributed by atoms with Crippen LogP contribution in [-0.4, -0.2) is 11.8 Å². The number of benzene rings is 1. The minimum Gasteiger partial charge on any atom is -0.324 e. The SMILES string of the molecule is Cc1cc(Br)c(NC(=O)C(C)(C)CCl)c(Br)c1. The van der Waals surface area contributed by atoms with Gasteiger partial charge in [-0.05, 0) is 70.3 Å². The number of anilines is 1. The first-order chi connectivity index (χ1) is 7.77. The van der Waals surface area contributed by atoms with Crippen molar-refractivity contribution in [3.05, 3.63) is 26.6 Å². The number of hydrogen-bond donors (Lipinski definition) is 1. The zero-order chi connectivity index (χ0) is 13.2. The second kappa shape index (κ2) is 5.72. The molecular formula is C12H14Br2ClNO. The van der Waals surface area contributed by atoms with Gasteiger partial charge in [-0.1, -0.05) is 0 Å². The fourth-order valence-electron chi connectivity index (χ4n) is 1.16. The van der Waals surface area contributed by atoms with E-state index in [1.54, 1.807) is 0 Å². The third kappa shape index (κ3) is 3.70. The lowest BCUT2D eigenvalue weighted by molar-refractivity contribution is -0.122. The molecular weight excluding hydrogens is 369 g/mol. The predicted octanol–water partition coefficient (Wildman–Crippen LogP) is 4.72. The molecule has 1 aromatic carbocycles. The highest BCUT2D eigenvalue weighted by Crippen LogP contribution is 2.33. The van der Waals surface area contributed by atoms with Crippen LogP contribution in [0.3, 0.4) is 0 Å². The van der Waals surface area contributed by atoms with Crippen molar-refractivity contribution in [2.45, 2.75) is 20.8 Å². The van der Waals surface area contributed by atoms with Gasteiger partial charge in [0.05, 0.1) is 11.1 Å². The highest BCUT2D eigenvalue weighted by Gasteiger charge is 2.27. The summed E-state index contributed by atoms with van der Waals surface area (Å²) in [6, 6.07) is 3.90. The van der Waals surface area contributed by atoms with Crippen LogP contribution in [0.25, 0.3) is 0 Å². The first-order valence-corrected chi connectivity index (χ1v) is 7.23. The number of alkyl halides is 1. The van der Waals surface area contributed by atoms with E-state index in [1.807, 2.05) is 32.9 Å². The Kier molecular flexibility index (Phi) is 5.05. The molecule has 2 nitrogen and oxygen atoms in total. The average Bonchev–Trinajstić information content (AvgIpc) is 2.22. The summed E-state index contributed by atoms with van der Waals surface area (Å²) in [6.07, 6.45) is 0. The van der Waals surface area contributed by atoms with Gasteiger partial charge >= 0.3 is 0 Å². The average molecular weight is 384 g/mol. The molecule has 1 N–H and O–H groups in total. The molecule has 0 heterocycles. The van der Waals surface area contributed by atoms with Gasteiger partial charge in [0.2, 0.25) is 5.91 Å². The van der Waals surface area contributed by atoms with Crippen LogP contribution in [-0.2, 0) is 4.79 Å². The lowest BCUT2D eigenvalue weighted by Gasteiger charge is -2.21. The molecule has 17 heavy (non-hydrogen) atoms. The van der Waals surface area contributed by atoms with Gasteiger partial charge in [0, 0.05) is 14.8 Å². The molecule has 1 amide bonds. The molecule has 0 fully saturated rings. The van der Waals surface area contributed by atoms with Gasteiger partial charge in [-0.15, -0.1) is 11.6 Å². The molecule has 1 aromatic rings. The van der Waals surface area contributed by atoms with Crippen LogP contribution in [0.1, 0.15) is 19.4 Å². The Balaban J connectivity index is 3.01. The molecule has 0 aliphatic rings. The van der Waals surface area contributed by atoms with Crippen LogP contribution in [0.15, 0.2) is 21.1 Å². The summed E-state index contributed by atoms with van der Waals surface area (Å²) < 4.78 is 1.70. The summed E-state index contributed by atoms with van der Waals surface area (Å²) in [5.74, 6) is 0.178. The zero-order valence-corrected chi connectivity index (χ0v) is 13.8. The van der Waals surface area contributed by atoms with Crippen LogP contribution < -0.4 is 5.32 Å². The molecule has 0 saturated heterocycles. The molecule has 0 saturated carbocycles. The van der Waals surface area contributed by atoms with Crippen LogP contribution in [0, 0.1) is 12.3 Å². The summed E-state index contributed by atoms with van der Waals surface area (Å²) >= 11 is 12.6. The summed E-state index contributed by atoms with van der Waals surface area (Å²) in [7, 11) is 0. The predicted molar refractivity (Wildman–Crippen MR) is 79.7 cm³/mol. The largest absolute Gasteiger partial charge is 0.324 e. The van der Waals surface area contributed by atoms with Gasteiger partial charge in [-0.2, -0.15) is 0 Å². The molecule has 0 spiro atoms. The topological polar surface area (TPSA) is 29.1 Å². The van der Waals surface area contributed by atoms with Gasteiger partial charge in [-0.25, -0.2) is 0 Å². The van der Waals surface area contributed by atoms with Crippen LogP contribution in [0.4, 0.5) is 5.69 Å². The van der Waals surface area contributed by atoms with E-state index in [-0.39, 0.29) is 11.8 Å². The van der Waals surface area contributed by atoms with Gasteiger partial charge in [-0.3, -0.25) is 4.79 Å². The highest BCUT2D eigenvalue weighted by molar-refractivity contribution is 9.11. The van der Waals surface area contributed by atoms with E-state index in [4.69, 9.17) is 11.6 Å². The number of carbonyl (C=O) groups excluding carboxylic acids is 1. The smallest absolute Gasteiger partial charge is 0.231 e. The standard InChI is InChI=1S/C12H14Br2ClNO/c1-7-4-8(13)10(9(14)5-7)16-11(17)12(2,3)6-15/h4-5H,6H2,1-3H3,(H,16,17). The molecule has 0 aliphatic carbocycles. The highest BCUT2D eigenvalue weighted by atomic mass is 79.9. The van der Waals surface area contributed by atoms with Gasteiger partial charge in [0.1, 0.15) is 0 Å². The Morgan fingerprint density at radius 2 is 1.82 bits per heavy atom. The molecule has 1 rings (SSSR count). The van der Waals surface area contributed by atoms with Gasteiger partial charge < -0.3 is 5.32 Å². The van der Waals surface area contributed by atoms with E-state index in [1.165, 1.54) is 0 Å². The van der Waals surface area contributed by atoms with Crippen molar-refractivity contribution in [1.82, 2.24) is 0 Å². The van der Waals surface area contributed by atoms with Crippen molar-refractivity contribution < 1.29 is 4.79 Å². The molecule has 0 aliphatic heterocycles. The Labute approximate surface area is 123 Å². The second-order valence-corrected chi connectivity index (χ2v) is 6.55. The van der Waals surface area contributed by atoms with E-state index >= 15 is 0 Å². The van der Waals surface area contributed by atoms with Crippen LogP contribution >= 0.6 is 43.5 Å². The second-order valence-electron chi connectivity index (χ2n) is 4.58. The monoisotopic (exact) mass is 381 g/mol. The number of halogens is 3. The number of carbonyl (C=O) groups is 1. The van der Waals surface area contributed by atoms with E-state index in [0.717, 1.165) is 20.2 Å². The maximum Gasteiger partial charge on any atom is 0.231 e. The van der Waals surface area contributed by atoms with Crippen LogP contribution in [0.2, 0.25) is 0 Å².